The van der Waals surface area contributed by atoms with Crippen LogP contribution in [-0.4, -0.2) is 52.3 Å². The van der Waals surface area contributed by atoms with Gasteiger partial charge < -0.3 is 5.32 Å². The van der Waals surface area contributed by atoms with Gasteiger partial charge in [0, 0.05) is 12.7 Å². The first kappa shape index (κ1) is 24.1. The number of benzene rings is 1. The Bertz CT molecular complexity index is 1250. The van der Waals surface area contributed by atoms with Crippen molar-refractivity contribution in [2.45, 2.75) is 33.6 Å². The van der Waals surface area contributed by atoms with Gasteiger partial charge >= 0.3 is 0 Å². The lowest BCUT2D eigenvalue weighted by Crippen LogP contribution is -2.37. The number of carbonyl (C=O) groups is 2. The fourth-order valence-corrected chi connectivity index (χ4v) is 4.15. The van der Waals surface area contributed by atoms with Gasteiger partial charge in [0.25, 0.3) is 11.8 Å². The summed E-state index contributed by atoms with van der Waals surface area (Å²) >= 11 is 0. The van der Waals surface area contributed by atoms with Crippen LogP contribution in [0.5, 0.6) is 0 Å². The Labute approximate surface area is 192 Å². The number of sulfonamides is 1. The molecule has 0 aliphatic carbocycles. The van der Waals surface area contributed by atoms with Crippen molar-refractivity contribution in [3.8, 4) is 5.69 Å². The summed E-state index contributed by atoms with van der Waals surface area (Å²) in [6.45, 7) is 5.50. The molecule has 1 aromatic carbocycles. The van der Waals surface area contributed by atoms with E-state index in [1.54, 1.807) is 4.68 Å². The summed E-state index contributed by atoms with van der Waals surface area (Å²) in [6.07, 6.45) is 5.10. The highest BCUT2D eigenvalue weighted by atomic mass is 32.2. The molecule has 2 amide bonds. The van der Waals surface area contributed by atoms with Crippen molar-refractivity contribution in [1.82, 2.24) is 29.8 Å². The molecule has 0 aliphatic heterocycles. The fourth-order valence-electron chi connectivity index (χ4n) is 3.28. The third-order valence-electron chi connectivity index (χ3n) is 5.01. The van der Waals surface area contributed by atoms with Gasteiger partial charge in [0.1, 0.15) is 6.33 Å². The van der Waals surface area contributed by atoms with E-state index < -0.39 is 27.6 Å². The molecular weight excluding hydrogens is 444 g/mol. The molecule has 0 unspecified atom stereocenters. The third-order valence-corrected chi connectivity index (χ3v) is 6.24. The van der Waals surface area contributed by atoms with Gasteiger partial charge in [0.2, 0.25) is 10.0 Å². The van der Waals surface area contributed by atoms with E-state index in [0.717, 1.165) is 11.3 Å². The van der Waals surface area contributed by atoms with Gasteiger partial charge in [-0.2, -0.15) is 5.10 Å². The number of nitrogens with one attached hydrogen (secondary N) is 2. The van der Waals surface area contributed by atoms with Crippen molar-refractivity contribution < 1.29 is 18.0 Å². The number of aromatic nitrogens is 4. The van der Waals surface area contributed by atoms with Crippen LogP contribution >= 0.6 is 0 Å². The van der Waals surface area contributed by atoms with Crippen LogP contribution in [0.1, 0.15) is 51.5 Å². The second kappa shape index (κ2) is 10.3. The molecule has 0 saturated carbocycles. The molecule has 2 heterocycles. The van der Waals surface area contributed by atoms with Crippen molar-refractivity contribution in [2.75, 3.05) is 12.3 Å². The lowest BCUT2D eigenvalue weighted by molar-refractivity contribution is 0.0953. The Balaban J connectivity index is 1.65. The Morgan fingerprint density at radius 3 is 2.39 bits per heavy atom. The quantitative estimate of drug-likeness (QED) is 0.485. The smallest absolute Gasteiger partial charge is 0.268 e. The molecule has 0 bridgehead atoms. The van der Waals surface area contributed by atoms with Crippen molar-refractivity contribution in [3.05, 3.63) is 71.1 Å². The van der Waals surface area contributed by atoms with Crippen LogP contribution in [0.15, 0.2) is 43.0 Å². The van der Waals surface area contributed by atoms with E-state index in [-0.39, 0.29) is 17.7 Å². The summed E-state index contributed by atoms with van der Waals surface area (Å²) in [5.74, 6) is -1.70. The lowest BCUT2D eigenvalue weighted by atomic mass is 10.2. The van der Waals surface area contributed by atoms with Gasteiger partial charge in [-0.15, -0.1) is 0 Å². The highest BCUT2D eigenvalue weighted by Gasteiger charge is 2.22. The van der Waals surface area contributed by atoms with Gasteiger partial charge in [-0.1, -0.05) is 31.5 Å². The predicted octanol–water partition coefficient (Wildman–Crippen LogP) is 1.59. The van der Waals surface area contributed by atoms with E-state index in [1.807, 2.05) is 45.0 Å². The van der Waals surface area contributed by atoms with Crippen LogP contribution in [0.4, 0.5) is 0 Å². The van der Waals surface area contributed by atoms with Crippen molar-refractivity contribution in [2.24, 2.45) is 0 Å². The summed E-state index contributed by atoms with van der Waals surface area (Å²) in [7, 11) is -3.99. The lowest BCUT2D eigenvalue weighted by Gasteiger charge is -2.10. The summed E-state index contributed by atoms with van der Waals surface area (Å²) < 4.78 is 28.5. The van der Waals surface area contributed by atoms with E-state index in [2.05, 4.69) is 25.1 Å². The molecule has 2 N–H and O–H groups in total. The number of hydrogen-bond donors (Lipinski definition) is 2. The Morgan fingerprint density at radius 1 is 1.00 bits per heavy atom. The highest BCUT2D eigenvalue weighted by molar-refractivity contribution is 7.90. The SMILES string of the molecule is CCc1ncncc1C(=O)NCCS(=O)(=O)NC(=O)c1cnn(-c2ccc(C)cc2)c1CC. The Morgan fingerprint density at radius 2 is 1.73 bits per heavy atom. The van der Waals surface area contributed by atoms with Gasteiger partial charge in [0.05, 0.1) is 40.2 Å². The van der Waals surface area contributed by atoms with Crippen LogP contribution in [0.2, 0.25) is 0 Å². The number of rotatable bonds is 9. The predicted molar refractivity (Wildman–Crippen MR) is 123 cm³/mol. The largest absolute Gasteiger partial charge is 0.351 e. The first-order valence-corrected chi connectivity index (χ1v) is 12.2. The topological polar surface area (TPSA) is 136 Å². The summed E-state index contributed by atoms with van der Waals surface area (Å²) in [5, 5.41) is 6.80. The molecule has 0 spiro atoms. The molecule has 11 heteroatoms. The van der Waals surface area contributed by atoms with Gasteiger partial charge in [-0.05, 0) is 31.9 Å². The van der Waals surface area contributed by atoms with E-state index in [4.69, 9.17) is 0 Å². The first-order chi connectivity index (χ1) is 15.8. The minimum absolute atomic E-state index is 0.178. The Hall–Kier alpha value is -3.60. The van der Waals surface area contributed by atoms with Gasteiger partial charge in [-0.3, -0.25) is 9.59 Å². The van der Waals surface area contributed by atoms with Gasteiger partial charge in [-0.25, -0.2) is 27.8 Å². The minimum atomic E-state index is -3.99. The summed E-state index contributed by atoms with van der Waals surface area (Å²) in [6, 6.07) is 7.62. The number of nitrogens with zero attached hydrogens (tertiary/aromatic N) is 4. The zero-order valence-electron chi connectivity index (χ0n) is 18.7. The van der Waals surface area contributed by atoms with Crippen molar-refractivity contribution in [3.63, 3.8) is 0 Å². The molecule has 10 nitrogen and oxygen atoms in total. The average Bonchev–Trinajstić information content (AvgIpc) is 3.23. The standard InChI is InChI=1S/C22H26N6O4S/c1-4-19-17(12-23-14-25-19)21(29)24-10-11-33(31,32)27-22(30)18-13-26-28(20(18)5-2)16-8-6-15(3)7-9-16/h6-9,12-14H,4-5,10-11H2,1-3H3,(H,24,29)(H,27,30). The second-order valence-corrected chi connectivity index (χ2v) is 9.19. The van der Waals surface area contributed by atoms with E-state index >= 15 is 0 Å². The number of carbonyl (C=O) groups excluding carboxylic acids is 2. The summed E-state index contributed by atoms with van der Waals surface area (Å²) in [5.41, 5.74) is 3.49. The zero-order chi connectivity index (χ0) is 24.0. The van der Waals surface area contributed by atoms with Crippen molar-refractivity contribution in [1.29, 1.82) is 0 Å². The zero-order valence-corrected chi connectivity index (χ0v) is 19.5. The maximum Gasteiger partial charge on any atom is 0.268 e. The van der Waals surface area contributed by atoms with Crippen LogP contribution in [0.25, 0.3) is 5.69 Å². The fraction of sp³-hybridized carbons (Fsp3) is 0.318. The number of amides is 2. The average molecular weight is 471 g/mol. The molecule has 33 heavy (non-hydrogen) atoms. The molecule has 0 saturated heterocycles. The molecule has 2 aromatic heterocycles. The van der Waals surface area contributed by atoms with E-state index in [9.17, 15) is 18.0 Å². The molecule has 0 fully saturated rings. The number of aryl methyl sites for hydroxylation is 2. The van der Waals surface area contributed by atoms with E-state index in [1.165, 1.54) is 18.7 Å². The monoisotopic (exact) mass is 470 g/mol. The molecule has 0 aliphatic rings. The highest BCUT2D eigenvalue weighted by Crippen LogP contribution is 2.17. The Kier molecular flexibility index (Phi) is 7.54. The van der Waals surface area contributed by atoms with Crippen LogP contribution in [0, 0.1) is 6.92 Å². The normalized spacial score (nSPS) is 11.2. The maximum atomic E-state index is 12.7. The third kappa shape index (κ3) is 5.80. The summed E-state index contributed by atoms with van der Waals surface area (Å²) in [4.78, 5) is 32.9. The molecular formula is C22H26N6O4S. The molecule has 0 radical (unpaired) electrons. The van der Waals surface area contributed by atoms with Crippen LogP contribution < -0.4 is 10.0 Å². The first-order valence-electron chi connectivity index (χ1n) is 10.5. The molecule has 174 valence electrons. The van der Waals surface area contributed by atoms with Crippen LogP contribution in [0.3, 0.4) is 0 Å². The molecule has 0 atom stereocenters. The second-order valence-electron chi connectivity index (χ2n) is 7.35. The van der Waals surface area contributed by atoms with E-state index in [0.29, 0.717) is 24.2 Å². The van der Waals surface area contributed by atoms with Gasteiger partial charge in [0.15, 0.2) is 0 Å². The van der Waals surface area contributed by atoms with Crippen molar-refractivity contribution >= 4 is 21.8 Å². The minimum Gasteiger partial charge on any atom is -0.351 e. The van der Waals surface area contributed by atoms with Crippen LogP contribution in [-0.2, 0) is 22.9 Å². The number of hydrogen-bond acceptors (Lipinski definition) is 7. The maximum absolute atomic E-state index is 12.7. The molecule has 3 rings (SSSR count). The molecule has 3 aromatic rings.